The average Bonchev–Trinajstić information content (AvgIpc) is 3.09. The number of benzene rings is 1. The molecular formula is C33H45F3N4O4S. The molecule has 2 amide bonds. The van der Waals surface area contributed by atoms with Crippen LogP contribution in [0.1, 0.15) is 105 Å². The van der Waals surface area contributed by atoms with E-state index in [1.165, 1.54) is 11.0 Å². The van der Waals surface area contributed by atoms with Gasteiger partial charge in [-0.1, -0.05) is 0 Å². The molecule has 3 aliphatic rings. The molecule has 8 nitrogen and oxygen atoms in total. The van der Waals surface area contributed by atoms with Crippen molar-refractivity contribution in [3.8, 4) is 6.07 Å². The Morgan fingerprint density at radius 2 is 1.69 bits per heavy atom. The van der Waals surface area contributed by atoms with Crippen LogP contribution in [0.3, 0.4) is 0 Å². The number of nitrogens with zero attached hydrogens (tertiary/aromatic N) is 4. The SMILES string of the molecule is CC1CC(CCOC2CCC(N3C(=S)N(c4ccc(C#N)c(C(F)(F)F)c4)C(=O)C3(C)C)CC2)CC(C)N1C(=O)OC(C)(C)C. The summed E-state index contributed by atoms with van der Waals surface area (Å²) in [7, 11) is 0. The molecule has 1 aliphatic carbocycles. The Hall–Kier alpha value is -2.91. The molecule has 2 aliphatic heterocycles. The van der Waals surface area contributed by atoms with E-state index >= 15 is 0 Å². The van der Waals surface area contributed by atoms with E-state index in [0.717, 1.165) is 57.1 Å². The lowest BCUT2D eigenvalue weighted by atomic mass is 9.85. The highest BCUT2D eigenvalue weighted by atomic mass is 32.1. The van der Waals surface area contributed by atoms with Gasteiger partial charge in [0, 0.05) is 24.7 Å². The summed E-state index contributed by atoms with van der Waals surface area (Å²) in [5.41, 5.74) is -3.16. The second-order valence-corrected chi connectivity index (χ2v) is 14.6. The minimum Gasteiger partial charge on any atom is -0.444 e. The number of anilines is 1. The van der Waals surface area contributed by atoms with Crippen molar-refractivity contribution >= 4 is 35.0 Å². The van der Waals surface area contributed by atoms with E-state index in [9.17, 15) is 22.8 Å². The van der Waals surface area contributed by atoms with Crippen LogP contribution in [0.2, 0.25) is 0 Å². The number of rotatable bonds is 6. The number of hydrogen-bond acceptors (Lipinski definition) is 6. The fraction of sp³-hybridized carbons (Fsp3) is 0.697. The molecule has 4 rings (SSSR count). The number of ether oxygens (including phenoxy) is 2. The number of carbonyl (C=O) groups excluding carboxylic acids is 2. The molecule has 3 fully saturated rings. The molecule has 248 valence electrons. The Morgan fingerprint density at radius 1 is 1.09 bits per heavy atom. The lowest BCUT2D eigenvalue weighted by molar-refractivity contribution is -0.137. The molecule has 0 N–H and O–H groups in total. The summed E-state index contributed by atoms with van der Waals surface area (Å²) in [6, 6.07) is 4.94. The van der Waals surface area contributed by atoms with Crippen LogP contribution in [0.25, 0.3) is 0 Å². The van der Waals surface area contributed by atoms with Gasteiger partial charge in [0.1, 0.15) is 11.1 Å². The molecule has 1 aromatic carbocycles. The zero-order valence-corrected chi connectivity index (χ0v) is 28.1. The monoisotopic (exact) mass is 650 g/mol. The number of piperidine rings is 1. The predicted octanol–water partition coefficient (Wildman–Crippen LogP) is 7.43. The van der Waals surface area contributed by atoms with E-state index in [4.69, 9.17) is 27.0 Å². The first-order valence-corrected chi connectivity index (χ1v) is 16.2. The summed E-state index contributed by atoms with van der Waals surface area (Å²) in [4.78, 5) is 31.1. The van der Waals surface area contributed by atoms with Crippen molar-refractivity contribution < 1.29 is 32.2 Å². The van der Waals surface area contributed by atoms with Crippen molar-refractivity contribution in [3.63, 3.8) is 0 Å². The Labute approximate surface area is 269 Å². The van der Waals surface area contributed by atoms with Crippen molar-refractivity contribution in [2.75, 3.05) is 11.5 Å². The van der Waals surface area contributed by atoms with Crippen LogP contribution in [0, 0.1) is 17.2 Å². The Bertz CT molecular complexity index is 1320. The largest absolute Gasteiger partial charge is 0.444 e. The molecule has 0 aromatic heterocycles. The zero-order valence-electron chi connectivity index (χ0n) is 27.2. The van der Waals surface area contributed by atoms with Crippen molar-refractivity contribution in [2.24, 2.45) is 5.92 Å². The molecule has 2 saturated heterocycles. The van der Waals surface area contributed by atoms with Gasteiger partial charge in [-0.05, 0) is 130 Å². The standard InChI is InChI=1S/C33H45F3N4O4S/c1-20-16-22(17-21(2)38(20)30(42)44-31(3,4)5)14-15-43-26-12-10-24(11-13-26)40-29(45)39(28(41)32(40,6)7)25-9-8-23(19-37)27(18-25)33(34,35)36/h8-9,18,20-22,24,26H,10-17H2,1-7H3. The summed E-state index contributed by atoms with van der Waals surface area (Å²) >= 11 is 5.71. The minimum atomic E-state index is -4.74. The summed E-state index contributed by atoms with van der Waals surface area (Å²) in [5, 5.41) is 9.34. The lowest BCUT2D eigenvalue weighted by Gasteiger charge is -2.43. The predicted molar refractivity (Wildman–Crippen MR) is 168 cm³/mol. The van der Waals surface area contributed by atoms with Gasteiger partial charge >= 0.3 is 12.3 Å². The first-order chi connectivity index (χ1) is 20.8. The number of hydrogen-bond donors (Lipinski definition) is 0. The fourth-order valence-electron chi connectivity index (χ4n) is 7.16. The van der Waals surface area contributed by atoms with Gasteiger partial charge in [-0.2, -0.15) is 18.4 Å². The fourth-order valence-corrected chi connectivity index (χ4v) is 7.72. The van der Waals surface area contributed by atoms with Gasteiger partial charge in [0.2, 0.25) is 0 Å². The molecule has 2 unspecified atom stereocenters. The smallest absolute Gasteiger partial charge is 0.417 e. The highest BCUT2D eigenvalue weighted by molar-refractivity contribution is 7.80. The van der Waals surface area contributed by atoms with Gasteiger partial charge in [-0.15, -0.1) is 0 Å². The first kappa shape index (κ1) is 35.0. The van der Waals surface area contributed by atoms with Gasteiger partial charge in [-0.25, -0.2) is 4.79 Å². The second-order valence-electron chi connectivity index (χ2n) is 14.2. The third kappa shape index (κ3) is 7.57. The van der Waals surface area contributed by atoms with Crippen LogP contribution < -0.4 is 4.90 Å². The third-order valence-corrected chi connectivity index (χ3v) is 9.58. The van der Waals surface area contributed by atoms with Crippen LogP contribution in [0.15, 0.2) is 18.2 Å². The van der Waals surface area contributed by atoms with Crippen LogP contribution in [-0.2, 0) is 20.4 Å². The molecular weight excluding hydrogens is 605 g/mol. The summed E-state index contributed by atoms with van der Waals surface area (Å²) in [6.07, 6.45) is 0.822. The third-order valence-electron chi connectivity index (χ3n) is 9.20. The second kappa shape index (κ2) is 13.1. The van der Waals surface area contributed by atoms with Gasteiger partial charge in [0.25, 0.3) is 5.91 Å². The van der Waals surface area contributed by atoms with Gasteiger partial charge in [-0.3, -0.25) is 9.69 Å². The number of alkyl halides is 3. The Morgan fingerprint density at radius 3 is 2.22 bits per heavy atom. The summed E-state index contributed by atoms with van der Waals surface area (Å²) < 4.78 is 52.9. The normalized spacial score (nSPS) is 27.5. The molecule has 0 bridgehead atoms. The van der Waals surface area contributed by atoms with Crippen molar-refractivity contribution in [2.45, 2.75) is 135 Å². The van der Waals surface area contributed by atoms with E-state index < -0.39 is 34.4 Å². The molecule has 1 aromatic rings. The molecule has 2 heterocycles. The van der Waals surface area contributed by atoms with E-state index in [0.29, 0.717) is 12.5 Å². The molecule has 0 radical (unpaired) electrons. The molecule has 12 heteroatoms. The van der Waals surface area contributed by atoms with E-state index in [1.807, 2.05) is 30.6 Å². The Kier molecular flexibility index (Phi) is 10.2. The molecule has 1 saturated carbocycles. The van der Waals surface area contributed by atoms with Gasteiger partial charge in [0.15, 0.2) is 5.11 Å². The van der Waals surface area contributed by atoms with E-state index in [2.05, 4.69) is 13.8 Å². The van der Waals surface area contributed by atoms with Crippen molar-refractivity contribution in [3.05, 3.63) is 29.3 Å². The number of carbonyl (C=O) groups is 2. The average molecular weight is 651 g/mol. The highest BCUT2D eigenvalue weighted by Crippen LogP contribution is 2.41. The van der Waals surface area contributed by atoms with E-state index in [1.54, 1.807) is 19.9 Å². The highest BCUT2D eigenvalue weighted by Gasteiger charge is 2.52. The maximum Gasteiger partial charge on any atom is 0.417 e. The van der Waals surface area contributed by atoms with Crippen LogP contribution in [0.4, 0.5) is 23.7 Å². The maximum atomic E-state index is 13.6. The van der Waals surface area contributed by atoms with Crippen LogP contribution in [-0.4, -0.2) is 68.9 Å². The summed E-state index contributed by atoms with van der Waals surface area (Å²) in [5.74, 6) is 0.0507. The summed E-state index contributed by atoms with van der Waals surface area (Å²) in [6.45, 7) is 13.9. The number of amides is 2. The van der Waals surface area contributed by atoms with Crippen molar-refractivity contribution in [1.29, 1.82) is 5.26 Å². The maximum absolute atomic E-state index is 13.6. The number of thiocarbonyl (C=S) groups is 1. The lowest BCUT2D eigenvalue weighted by Crippen LogP contribution is -2.51. The molecule has 2 atom stereocenters. The van der Waals surface area contributed by atoms with E-state index in [-0.39, 0.29) is 41.1 Å². The van der Waals surface area contributed by atoms with Gasteiger partial charge < -0.3 is 19.3 Å². The zero-order chi connectivity index (χ0) is 33.5. The quantitative estimate of drug-likeness (QED) is 0.296. The molecule has 45 heavy (non-hydrogen) atoms. The number of likely N-dealkylation sites (tertiary alicyclic amines) is 1. The minimum absolute atomic E-state index is 0.00415. The first-order valence-electron chi connectivity index (χ1n) is 15.8. The number of nitriles is 1. The Balaban J connectivity index is 1.31. The topological polar surface area (TPSA) is 86.1 Å². The molecule has 0 spiro atoms. The number of halogens is 3. The van der Waals surface area contributed by atoms with Crippen molar-refractivity contribution in [1.82, 2.24) is 9.80 Å². The van der Waals surface area contributed by atoms with Crippen LogP contribution >= 0.6 is 12.2 Å². The van der Waals surface area contributed by atoms with Gasteiger partial charge in [0.05, 0.1) is 29.0 Å². The van der Waals surface area contributed by atoms with Crippen LogP contribution in [0.5, 0.6) is 0 Å².